The molecule has 0 unspecified atom stereocenters. The lowest BCUT2D eigenvalue weighted by molar-refractivity contribution is -0.116. The fourth-order valence-corrected chi connectivity index (χ4v) is 3.12. The van der Waals surface area contributed by atoms with E-state index in [1.165, 1.54) is 0 Å². The maximum atomic E-state index is 12.9. The summed E-state index contributed by atoms with van der Waals surface area (Å²) in [6.07, 6.45) is 2.26. The summed E-state index contributed by atoms with van der Waals surface area (Å²) in [5.74, 6) is -0.754. The molecule has 0 aliphatic rings. The zero-order valence-corrected chi connectivity index (χ0v) is 16.4. The van der Waals surface area contributed by atoms with Gasteiger partial charge in [-0.2, -0.15) is 0 Å². The number of aromatic nitrogens is 2. The van der Waals surface area contributed by atoms with Crippen LogP contribution in [0, 0.1) is 0 Å². The topological polar surface area (TPSA) is 107 Å². The summed E-state index contributed by atoms with van der Waals surface area (Å²) in [6, 6.07) is 13.9. The van der Waals surface area contributed by atoms with Crippen LogP contribution in [0.2, 0.25) is 0 Å². The van der Waals surface area contributed by atoms with E-state index < -0.39 is 5.91 Å². The summed E-state index contributed by atoms with van der Waals surface area (Å²) in [7, 11) is 0. The summed E-state index contributed by atoms with van der Waals surface area (Å²) < 4.78 is 1.75. The minimum Gasteiger partial charge on any atom is -0.366 e. The molecule has 2 amide bonds. The van der Waals surface area contributed by atoms with Crippen molar-refractivity contribution in [2.24, 2.45) is 5.73 Å². The van der Waals surface area contributed by atoms with E-state index in [9.17, 15) is 14.4 Å². The van der Waals surface area contributed by atoms with Crippen LogP contribution in [-0.4, -0.2) is 21.4 Å². The molecule has 0 radical (unpaired) electrons. The highest BCUT2D eigenvalue weighted by Gasteiger charge is 2.12. The number of carbonyl (C=O) groups excluding carboxylic acids is 2. The Hall–Kier alpha value is -3.48. The molecular formula is C22H24N4O3. The zero-order chi connectivity index (χ0) is 20.8. The molecule has 0 fully saturated rings. The molecule has 7 nitrogen and oxygen atoms in total. The number of hydrogen-bond acceptors (Lipinski definition) is 4. The van der Waals surface area contributed by atoms with Gasteiger partial charge in [-0.3, -0.25) is 14.4 Å². The Bertz CT molecular complexity index is 1090. The Morgan fingerprint density at radius 2 is 1.83 bits per heavy atom. The second kappa shape index (κ2) is 9.14. The fourth-order valence-electron chi connectivity index (χ4n) is 3.12. The first-order valence-corrected chi connectivity index (χ1v) is 9.67. The molecule has 0 aliphatic heterocycles. The van der Waals surface area contributed by atoms with E-state index in [4.69, 9.17) is 5.73 Å². The number of aryl methyl sites for hydroxylation is 2. The van der Waals surface area contributed by atoms with E-state index >= 15 is 0 Å². The number of primary amides is 1. The number of nitrogens with zero attached hydrogens (tertiary/aromatic N) is 2. The largest absolute Gasteiger partial charge is 0.366 e. The van der Waals surface area contributed by atoms with Gasteiger partial charge >= 0.3 is 0 Å². The van der Waals surface area contributed by atoms with Crippen molar-refractivity contribution < 1.29 is 9.59 Å². The fraction of sp³-hybridized carbons (Fsp3) is 0.273. The van der Waals surface area contributed by atoms with Crippen molar-refractivity contribution in [2.75, 3.05) is 5.32 Å². The van der Waals surface area contributed by atoms with E-state index in [-0.39, 0.29) is 24.3 Å². The summed E-state index contributed by atoms with van der Waals surface area (Å²) in [5.41, 5.74) is 7.95. The lowest BCUT2D eigenvalue weighted by Gasteiger charge is -2.12. The van der Waals surface area contributed by atoms with Gasteiger partial charge in [-0.25, -0.2) is 4.98 Å². The van der Waals surface area contributed by atoms with Crippen molar-refractivity contribution in [3.05, 3.63) is 70.1 Å². The summed E-state index contributed by atoms with van der Waals surface area (Å²) in [5, 5.41) is 2.76. The number of benzene rings is 2. The quantitative estimate of drug-likeness (QED) is 0.614. The van der Waals surface area contributed by atoms with Crippen LogP contribution in [0.25, 0.3) is 11.0 Å². The van der Waals surface area contributed by atoms with Gasteiger partial charge in [0, 0.05) is 30.6 Å². The number of unbranched alkanes of at least 4 members (excludes halogenated alkanes) is 1. The lowest BCUT2D eigenvalue weighted by atomic mass is 10.2. The number of para-hydroxylation sites is 2. The van der Waals surface area contributed by atoms with Crippen molar-refractivity contribution in [3.63, 3.8) is 0 Å². The molecule has 7 heteroatoms. The highest BCUT2D eigenvalue weighted by Crippen LogP contribution is 2.13. The Labute approximate surface area is 168 Å². The molecule has 3 aromatic rings. The van der Waals surface area contributed by atoms with Crippen molar-refractivity contribution in [1.82, 2.24) is 9.55 Å². The zero-order valence-electron chi connectivity index (χ0n) is 16.4. The molecule has 150 valence electrons. The Balaban J connectivity index is 1.74. The third-order valence-corrected chi connectivity index (χ3v) is 4.70. The van der Waals surface area contributed by atoms with Crippen molar-refractivity contribution in [1.29, 1.82) is 0 Å². The van der Waals surface area contributed by atoms with Crippen LogP contribution in [0.1, 0.15) is 42.2 Å². The van der Waals surface area contributed by atoms with Gasteiger partial charge in [0.05, 0.1) is 11.0 Å². The van der Waals surface area contributed by atoms with Gasteiger partial charge in [0.1, 0.15) is 5.69 Å². The number of rotatable bonds is 8. The minimum atomic E-state index is -0.524. The van der Waals surface area contributed by atoms with Crippen molar-refractivity contribution >= 4 is 28.5 Å². The number of nitrogens with two attached hydrogens (primary N) is 1. The average Bonchev–Trinajstić information content (AvgIpc) is 2.72. The number of hydrogen-bond donors (Lipinski definition) is 2. The minimum absolute atomic E-state index is 0.131. The maximum absolute atomic E-state index is 12.9. The van der Waals surface area contributed by atoms with Crippen LogP contribution in [0.5, 0.6) is 0 Å². The maximum Gasteiger partial charge on any atom is 0.272 e. The number of amides is 2. The van der Waals surface area contributed by atoms with E-state index in [0.29, 0.717) is 23.5 Å². The number of anilines is 1. The molecule has 3 rings (SSSR count). The first-order valence-electron chi connectivity index (χ1n) is 9.67. The first-order chi connectivity index (χ1) is 14.0. The van der Waals surface area contributed by atoms with Crippen molar-refractivity contribution in [2.45, 2.75) is 39.2 Å². The Morgan fingerprint density at radius 1 is 1.10 bits per heavy atom. The van der Waals surface area contributed by atoms with E-state index in [1.54, 1.807) is 28.8 Å². The smallest absolute Gasteiger partial charge is 0.272 e. The van der Waals surface area contributed by atoms with Crippen LogP contribution in [0.15, 0.2) is 53.3 Å². The molecule has 0 aliphatic carbocycles. The van der Waals surface area contributed by atoms with E-state index in [2.05, 4.69) is 17.2 Å². The molecule has 0 saturated heterocycles. The number of carbonyl (C=O) groups is 2. The van der Waals surface area contributed by atoms with Crippen LogP contribution in [0.3, 0.4) is 0 Å². The van der Waals surface area contributed by atoms with Crippen LogP contribution < -0.4 is 16.6 Å². The molecule has 0 saturated carbocycles. The molecule has 0 spiro atoms. The van der Waals surface area contributed by atoms with E-state index in [0.717, 1.165) is 23.9 Å². The molecule has 29 heavy (non-hydrogen) atoms. The molecule has 2 aromatic carbocycles. The second-order valence-electron chi connectivity index (χ2n) is 6.85. The third-order valence-electron chi connectivity index (χ3n) is 4.70. The van der Waals surface area contributed by atoms with Crippen molar-refractivity contribution in [3.8, 4) is 0 Å². The van der Waals surface area contributed by atoms with Gasteiger partial charge in [-0.15, -0.1) is 0 Å². The summed E-state index contributed by atoms with van der Waals surface area (Å²) >= 11 is 0. The lowest BCUT2D eigenvalue weighted by Crippen LogP contribution is -2.27. The second-order valence-corrected chi connectivity index (χ2v) is 6.85. The first kappa shape index (κ1) is 20.3. The van der Waals surface area contributed by atoms with Gasteiger partial charge in [-0.05, 0) is 42.8 Å². The normalized spacial score (nSPS) is 10.8. The SMILES string of the molecule is CCCCn1c(=O)c(CCC(=O)Nc2ccc(C(N)=O)cc2)nc2ccccc21. The monoisotopic (exact) mass is 392 g/mol. The van der Waals surface area contributed by atoms with Gasteiger partial charge in [0.25, 0.3) is 5.56 Å². The molecule has 0 bridgehead atoms. The highest BCUT2D eigenvalue weighted by atomic mass is 16.2. The molecule has 0 atom stereocenters. The van der Waals surface area contributed by atoms with Crippen LogP contribution >= 0.6 is 0 Å². The van der Waals surface area contributed by atoms with Crippen LogP contribution in [0.4, 0.5) is 5.69 Å². The van der Waals surface area contributed by atoms with Gasteiger partial charge < -0.3 is 15.6 Å². The Morgan fingerprint density at radius 3 is 2.52 bits per heavy atom. The summed E-state index contributed by atoms with van der Waals surface area (Å²) in [6.45, 7) is 2.71. The van der Waals surface area contributed by atoms with E-state index in [1.807, 2.05) is 24.3 Å². The number of nitrogens with one attached hydrogen (secondary N) is 1. The molecular weight excluding hydrogens is 368 g/mol. The average molecular weight is 392 g/mol. The third kappa shape index (κ3) is 4.87. The molecule has 1 heterocycles. The van der Waals surface area contributed by atoms with Crippen LogP contribution in [-0.2, 0) is 17.8 Å². The predicted octanol–water partition coefficient (Wildman–Crippen LogP) is 2.87. The van der Waals surface area contributed by atoms with Gasteiger partial charge in [0.15, 0.2) is 0 Å². The highest BCUT2D eigenvalue weighted by molar-refractivity contribution is 5.94. The number of fused-ring (bicyclic) bond motifs is 1. The van der Waals surface area contributed by atoms with Gasteiger partial charge in [-0.1, -0.05) is 25.5 Å². The standard InChI is InChI=1S/C22H24N4O3/c1-2-3-14-26-19-7-5-4-6-17(19)25-18(22(26)29)12-13-20(27)24-16-10-8-15(9-11-16)21(23)28/h4-11H,2-3,12-14H2,1H3,(H2,23,28)(H,24,27). The summed E-state index contributed by atoms with van der Waals surface area (Å²) in [4.78, 5) is 40.8. The molecule has 1 aromatic heterocycles. The predicted molar refractivity (Wildman–Crippen MR) is 113 cm³/mol. The Kier molecular flexibility index (Phi) is 6.39. The van der Waals surface area contributed by atoms with Gasteiger partial charge in [0.2, 0.25) is 11.8 Å². The molecule has 3 N–H and O–H groups in total.